The summed E-state index contributed by atoms with van der Waals surface area (Å²) in [7, 11) is 0. The number of nitrogens with two attached hydrogens (primary N) is 2. The largest absolute Gasteiger partial charge is 0.341 e. The second-order valence-electron chi connectivity index (χ2n) is 4.20. The average Bonchev–Trinajstić information content (AvgIpc) is 2.28. The third kappa shape index (κ3) is 3.55. The lowest BCUT2D eigenvalue weighted by atomic mass is 9.93. The van der Waals surface area contributed by atoms with Gasteiger partial charge in [-0.1, -0.05) is 0 Å². The van der Waals surface area contributed by atoms with Gasteiger partial charge in [-0.2, -0.15) is 0 Å². The Bertz CT molecular complexity index is 262. The molecule has 0 atom stereocenters. The van der Waals surface area contributed by atoms with Crippen molar-refractivity contribution in [1.82, 2.24) is 9.91 Å². The van der Waals surface area contributed by atoms with Crippen molar-refractivity contribution in [1.29, 1.82) is 0 Å². The second-order valence-corrected chi connectivity index (χ2v) is 4.20. The Morgan fingerprint density at radius 1 is 1.38 bits per heavy atom. The van der Waals surface area contributed by atoms with Crippen LogP contribution in [0, 0.1) is 5.92 Å². The highest BCUT2D eigenvalue weighted by molar-refractivity contribution is 5.80. The molecule has 16 heavy (non-hydrogen) atoms. The number of likely N-dealkylation sites (tertiary alicyclic amines) is 1. The highest BCUT2D eigenvalue weighted by atomic mass is 16.2. The zero-order valence-electron chi connectivity index (χ0n) is 9.69. The molecular formula is C10H20N4O2. The highest BCUT2D eigenvalue weighted by Gasteiger charge is 2.25. The first-order chi connectivity index (χ1) is 7.54. The van der Waals surface area contributed by atoms with E-state index in [-0.39, 0.29) is 30.8 Å². The van der Waals surface area contributed by atoms with E-state index in [1.54, 1.807) is 11.8 Å². The van der Waals surface area contributed by atoms with Crippen LogP contribution in [0.15, 0.2) is 0 Å². The minimum Gasteiger partial charge on any atom is -0.341 e. The standard InChI is InChI=1S/C10H20N4O2/c1-8(15)9-2-4-13(5-3-9)10(16)6-14(12)7-11/h9H,2-7,11-12H2,1H3. The Labute approximate surface area is 95.5 Å². The number of rotatable bonds is 4. The van der Waals surface area contributed by atoms with Crippen LogP contribution in [0.2, 0.25) is 0 Å². The first-order valence-corrected chi connectivity index (χ1v) is 5.52. The molecule has 0 saturated carbocycles. The van der Waals surface area contributed by atoms with Crippen LogP contribution in [-0.4, -0.2) is 47.9 Å². The maximum atomic E-state index is 11.7. The number of hydrazine groups is 1. The lowest BCUT2D eigenvalue weighted by Gasteiger charge is -2.31. The van der Waals surface area contributed by atoms with Gasteiger partial charge in [0.1, 0.15) is 5.78 Å². The van der Waals surface area contributed by atoms with E-state index in [4.69, 9.17) is 11.6 Å². The summed E-state index contributed by atoms with van der Waals surface area (Å²) in [5.41, 5.74) is 5.30. The first-order valence-electron chi connectivity index (χ1n) is 5.52. The summed E-state index contributed by atoms with van der Waals surface area (Å²) in [6, 6.07) is 0. The number of nitrogens with zero attached hydrogens (tertiary/aromatic N) is 2. The van der Waals surface area contributed by atoms with Crippen molar-refractivity contribution >= 4 is 11.7 Å². The van der Waals surface area contributed by atoms with E-state index in [1.165, 1.54) is 5.01 Å². The van der Waals surface area contributed by atoms with E-state index >= 15 is 0 Å². The van der Waals surface area contributed by atoms with Gasteiger partial charge in [-0.15, -0.1) is 0 Å². The van der Waals surface area contributed by atoms with Crippen LogP contribution in [0.5, 0.6) is 0 Å². The van der Waals surface area contributed by atoms with Gasteiger partial charge in [0, 0.05) is 19.0 Å². The Morgan fingerprint density at radius 2 is 1.94 bits per heavy atom. The van der Waals surface area contributed by atoms with Gasteiger partial charge in [-0.3, -0.25) is 15.4 Å². The molecule has 0 radical (unpaired) electrons. The van der Waals surface area contributed by atoms with E-state index in [9.17, 15) is 9.59 Å². The normalized spacial score (nSPS) is 17.9. The van der Waals surface area contributed by atoms with E-state index in [0.29, 0.717) is 13.1 Å². The van der Waals surface area contributed by atoms with Gasteiger partial charge >= 0.3 is 0 Å². The molecule has 0 aromatic rings. The van der Waals surface area contributed by atoms with Crippen LogP contribution in [0.25, 0.3) is 0 Å². The number of hydrogen-bond acceptors (Lipinski definition) is 5. The van der Waals surface area contributed by atoms with Gasteiger partial charge in [-0.25, -0.2) is 5.01 Å². The molecule has 0 aliphatic carbocycles. The number of piperidine rings is 1. The monoisotopic (exact) mass is 228 g/mol. The summed E-state index contributed by atoms with van der Waals surface area (Å²) in [6.45, 7) is 3.19. The van der Waals surface area contributed by atoms with E-state index in [2.05, 4.69) is 0 Å². The molecule has 1 rings (SSSR count). The van der Waals surface area contributed by atoms with Crippen LogP contribution in [0.3, 0.4) is 0 Å². The molecule has 6 heteroatoms. The molecule has 1 aliphatic heterocycles. The predicted molar refractivity (Wildman–Crippen MR) is 59.9 cm³/mol. The molecule has 4 N–H and O–H groups in total. The summed E-state index contributed by atoms with van der Waals surface area (Å²) in [5.74, 6) is 5.78. The van der Waals surface area contributed by atoms with E-state index in [0.717, 1.165) is 12.8 Å². The Morgan fingerprint density at radius 3 is 2.38 bits per heavy atom. The number of ketones is 1. The molecule has 6 nitrogen and oxygen atoms in total. The van der Waals surface area contributed by atoms with Gasteiger partial charge in [0.25, 0.3) is 0 Å². The number of hydrogen-bond donors (Lipinski definition) is 2. The minimum atomic E-state index is -0.0186. The predicted octanol–water partition coefficient (Wildman–Crippen LogP) is -1.09. The van der Waals surface area contributed by atoms with Gasteiger partial charge in [0.05, 0.1) is 13.2 Å². The third-order valence-electron chi connectivity index (χ3n) is 3.00. The molecule has 92 valence electrons. The van der Waals surface area contributed by atoms with Crippen LogP contribution in [-0.2, 0) is 9.59 Å². The van der Waals surface area contributed by atoms with Crippen molar-refractivity contribution in [2.24, 2.45) is 17.5 Å². The summed E-state index contributed by atoms with van der Waals surface area (Å²) in [6.07, 6.45) is 1.52. The van der Waals surface area contributed by atoms with E-state index < -0.39 is 0 Å². The third-order valence-corrected chi connectivity index (χ3v) is 3.00. The van der Waals surface area contributed by atoms with Crippen molar-refractivity contribution in [3.63, 3.8) is 0 Å². The van der Waals surface area contributed by atoms with Gasteiger partial charge in [-0.05, 0) is 19.8 Å². The average molecular weight is 228 g/mol. The Hall–Kier alpha value is -0.980. The minimum absolute atomic E-state index is 0.0186. The van der Waals surface area contributed by atoms with Crippen LogP contribution < -0.4 is 11.6 Å². The van der Waals surface area contributed by atoms with E-state index in [1.807, 2.05) is 0 Å². The SMILES string of the molecule is CC(=O)C1CCN(C(=O)CN(N)CN)CC1. The van der Waals surface area contributed by atoms with Crippen LogP contribution in [0.1, 0.15) is 19.8 Å². The number of carbonyl (C=O) groups excluding carboxylic acids is 2. The lowest BCUT2D eigenvalue weighted by molar-refractivity contribution is -0.135. The van der Waals surface area contributed by atoms with Gasteiger partial charge in [0.2, 0.25) is 5.91 Å². The maximum absolute atomic E-state index is 11.7. The fourth-order valence-electron chi connectivity index (χ4n) is 1.87. The zero-order chi connectivity index (χ0) is 12.1. The smallest absolute Gasteiger partial charge is 0.238 e. The summed E-state index contributed by atoms with van der Waals surface area (Å²) in [4.78, 5) is 24.6. The molecule has 1 fully saturated rings. The molecule has 0 aromatic carbocycles. The molecule has 1 aliphatic rings. The molecule has 1 saturated heterocycles. The molecule has 0 bridgehead atoms. The summed E-state index contributed by atoms with van der Waals surface area (Å²) >= 11 is 0. The van der Waals surface area contributed by atoms with Crippen molar-refractivity contribution in [3.8, 4) is 0 Å². The molecule has 0 aromatic heterocycles. The molecule has 0 spiro atoms. The molecular weight excluding hydrogens is 208 g/mol. The van der Waals surface area contributed by atoms with Crippen molar-refractivity contribution < 1.29 is 9.59 Å². The fraction of sp³-hybridized carbons (Fsp3) is 0.800. The van der Waals surface area contributed by atoms with Crippen molar-refractivity contribution in [2.75, 3.05) is 26.3 Å². The van der Waals surface area contributed by atoms with Crippen LogP contribution >= 0.6 is 0 Å². The second kappa shape index (κ2) is 5.93. The molecule has 0 unspecified atom stereocenters. The number of Topliss-reactive ketones (excluding diaryl/α,β-unsaturated/α-hetero) is 1. The van der Waals surface area contributed by atoms with Crippen molar-refractivity contribution in [3.05, 3.63) is 0 Å². The number of amides is 1. The first kappa shape index (κ1) is 13.1. The Balaban J connectivity index is 2.36. The highest BCUT2D eigenvalue weighted by Crippen LogP contribution is 2.17. The fourth-order valence-corrected chi connectivity index (χ4v) is 1.87. The van der Waals surface area contributed by atoms with Crippen LogP contribution in [0.4, 0.5) is 0 Å². The van der Waals surface area contributed by atoms with Gasteiger partial charge in [0.15, 0.2) is 0 Å². The summed E-state index contributed by atoms with van der Waals surface area (Å²) < 4.78 is 0. The number of carbonyl (C=O) groups is 2. The quantitative estimate of drug-likeness (QED) is 0.362. The molecule has 1 amide bonds. The summed E-state index contributed by atoms with van der Waals surface area (Å²) in [5, 5.41) is 1.28. The maximum Gasteiger partial charge on any atom is 0.238 e. The van der Waals surface area contributed by atoms with Gasteiger partial charge < -0.3 is 10.6 Å². The topological polar surface area (TPSA) is 92.7 Å². The lowest BCUT2D eigenvalue weighted by Crippen LogP contribution is -2.48. The zero-order valence-corrected chi connectivity index (χ0v) is 9.69. The Kier molecular flexibility index (Phi) is 4.85. The molecule has 1 heterocycles. The van der Waals surface area contributed by atoms with Crippen molar-refractivity contribution in [2.45, 2.75) is 19.8 Å².